The van der Waals surface area contributed by atoms with Gasteiger partial charge in [0.25, 0.3) is 0 Å². The molecule has 1 atom stereocenters. The molecule has 3 N–H and O–H groups in total. The minimum Gasteiger partial charge on any atom is -0.325 e. The van der Waals surface area contributed by atoms with Crippen molar-refractivity contribution in [2.24, 2.45) is 11.7 Å². The summed E-state index contributed by atoms with van der Waals surface area (Å²) in [6.07, 6.45) is 0. The zero-order valence-electron chi connectivity index (χ0n) is 12.1. The van der Waals surface area contributed by atoms with Crippen molar-refractivity contribution in [3.05, 3.63) is 42.5 Å². The standard InChI is InChI=1S/C17H18N2OS/c1-10(2)16(18)17(20)19-11-7-8-15-13(9-11)12-5-3-4-6-14(12)21-15/h3-10,16H,18H2,1-2H3,(H,19,20)/t16-/m0/s1. The average molecular weight is 298 g/mol. The number of fused-ring (bicyclic) bond motifs is 3. The molecule has 0 radical (unpaired) electrons. The summed E-state index contributed by atoms with van der Waals surface area (Å²) in [4.78, 5) is 12.1. The van der Waals surface area contributed by atoms with Gasteiger partial charge in [-0.15, -0.1) is 11.3 Å². The van der Waals surface area contributed by atoms with E-state index >= 15 is 0 Å². The first-order valence-electron chi connectivity index (χ1n) is 7.04. The lowest BCUT2D eigenvalue weighted by molar-refractivity contribution is -0.118. The summed E-state index contributed by atoms with van der Waals surface area (Å²) in [5.41, 5.74) is 6.68. The molecule has 2 aromatic carbocycles. The fourth-order valence-corrected chi connectivity index (χ4v) is 3.42. The first kappa shape index (κ1) is 14.0. The summed E-state index contributed by atoms with van der Waals surface area (Å²) in [5.74, 6) is -0.0143. The summed E-state index contributed by atoms with van der Waals surface area (Å²) in [5, 5.41) is 5.31. The van der Waals surface area contributed by atoms with Crippen molar-refractivity contribution in [2.45, 2.75) is 19.9 Å². The topological polar surface area (TPSA) is 55.1 Å². The zero-order valence-corrected chi connectivity index (χ0v) is 12.9. The van der Waals surface area contributed by atoms with Crippen molar-refractivity contribution in [1.29, 1.82) is 0 Å². The number of hydrogen-bond acceptors (Lipinski definition) is 3. The molecule has 1 aromatic heterocycles. The molecule has 4 heteroatoms. The summed E-state index contributed by atoms with van der Waals surface area (Å²) >= 11 is 1.76. The lowest BCUT2D eigenvalue weighted by Crippen LogP contribution is -2.39. The van der Waals surface area contributed by atoms with Crippen LogP contribution in [0.15, 0.2) is 42.5 Å². The van der Waals surface area contributed by atoms with E-state index in [1.165, 1.54) is 20.2 Å². The van der Waals surface area contributed by atoms with Gasteiger partial charge >= 0.3 is 0 Å². The van der Waals surface area contributed by atoms with Gasteiger partial charge in [0.1, 0.15) is 0 Å². The highest BCUT2D eigenvalue weighted by Crippen LogP contribution is 2.35. The van der Waals surface area contributed by atoms with Crippen LogP contribution in [0.4, 0.5) is 5.69 Å². The number of anilines is 1. The number of nitrogens with one attached hydrogen (secondary N) is 1. The summed E-state index contributed by atoms with van der Waals surface area (Å²) in [6.45, 7) is 3.89. The van der Waals surface area contributed by atoms with E-state index in [9.17, 15) is 4.79 Å². The van der Waals surface area contributed by atoms with Gasteiger partial charge in [0.05, 0.1) is 6.04 Å². The Kier molecular flexibility index (Phi) is 3.66. The van der Waals surface area contributed by atoms with Crippen molar-refractivity contribution >= 4 is 43.1 Å². The van der Waals surface area contributed by atoms with E-state index in [1.807, 2.05) is 38.1 Å². The van der Waals surface area contributed by atoms with Crippen LogP contribution in [0.2, 0.25) is 0 Å². The van der Waals surface area contributed by atoms with E-state index in [0.717, 1.165) is 5.69 Å². The maximum atomic E-state index is 12.1. The number of hydrogen-bond donors (Lipinski definition) is 2. The van der Waals surface area contributed by atoms with Gasteiger partial charge in [-0.3, -0.25) is 4.79 Å². The third-order valence-electron chi connectivity index (χ3n) is 3.67. The molecular formula is C17H18N2OS. The van der Waals surface area contributed by atoms with Crippen molar-refractivity contribution in [3.63, 3.8) is 0 Å². The smallest absolute Gasteiger partial charge is 0.241 e. The molecule has 1 amide bonds. The number of amides is 1. The number of thiophene rings is 1. The second-order valence-corrected chi connectivity index (χ2v) is 6.65. The van der Waals surface area contributed by atoms with Crippen molar-refractivity contribution < 1.29 is 4.79 Å². The number of carbonyl (C=O) groups is 1. The van der Waals surface area contributed by atoms with Gasteiger partial charge in [0.15, 0.2) is 0 Å². The third-order valence-corrected chi connectivity index (χ3v) is 4.82. The van der Waals surface area contributed by atoms with Gasteiger partial charge in [-0.25, -0.2) is 0 Å². The SMILES string of the molecule is CC(C)[C@H](N)C(=O)Nc1ccc2sc3ccccc3c2c1. The maximum absolute atomic E-state index is 12.1. The summed E-state index contributed by atoms with van der Waals surface area (Å²) in [6, 6.07) is 13.8. The molecule has 0 aliphatic carbocycles. The second-order valence-electron chi connectivity index (χ2n) is 5.57. The van der Waals surface area contributed by atoms with Crippen molar-refractivity contribution in [3.8, 4) is 0 Å². The minimum atomic E-state index is -0.486. The second kappa shape index (κ2) is 5.47. The van der Waals surface area contributed by atoms with E-state index in [2.05, 4.69) is 23.5 Å². The highest BCUT2D eigenvalue weighted by atomic mass is 32.1. The molecule has 0 spiro atoms. The Labute approximate surface area is 127 Å². The Morgan fingerprint density at radius 1 is 1.10 bits per heavy atom. The molecule has 0 fully saturated rings. The number of nitrogens with two attached hydrogens (primary N) is 1. The van der Waals surface area contributed by atoms with Crippen LogP contribution in [0.5, 0.6) is 0 Å². The number of benzene rings is 2. The Hall–Kier alpha value is -1.91. The predicted molar refractivity (Wildman–Crippen MR) is 90.8 cm³/mol. The third kappa shape index (κ3) is 2.64. The molecule has 1 heterocycles. The fourth-order valence-electron chi connectivity index (χ4n) is 2.33. The van der Waals surface area contributed by atoms with Gasteiger partial charge in [-0.1, -0.05) is 32.0 Å². The Morgan fingerprint density at radius 3 is 2.57 bits per heavy atom. The molecule has 108 valence electrons. The molecule has 3 nitrogen and oxygen atoms in total. The van der Waals surface area contributed by atoms with Gasteiger partial charge in [0, 0.05) is 25.9 Å². The lowest BCUT2D eigenvalue weighted by Gasteiger charge is -2.15. The monoisotopic (exact) mass is 298 g/mol. The molecule has 0 saturated heterocycles. The number of rotatable bonds is 3. The van der Waals surface area contributed by atoms with Gasteiger partial charge < -0.3 is 11.1 Å². The van der Waals surface area contributed by atoms with Crippen LogP contribution in [0.3, 0.4) is 0 Å². The minimum absolute atomic E-state index is 0.121. The molecule has 3 aromatic rings. The van der Waals surface area contributed by atoms with E-state index in [-0.39, 0.29) is 11.8 Å². The summed E-state index contributed by atoms with van der Waals surface area (Å²) < 4.78 is 2.48. The van der Waals surface area contributed by atoms with Crippen LogP contribution >= 0.6 is 11.3 Å². The Balaban J connectivity index is 1.97. The molecule has 0 aliphatic heterocycles. The normalized spacial score (nSPS) is 13.0. The maximum Gasteiger partial charge on any atom is 0.241 e. The summed E-state index contributed by atoms with van der Waals surface area (Å²) in [7, 11) is 0. The Morgan fingerprint density at radius 2 is 1.81 bits per heavy atom. The van der Waals surface area contributed by atoms with Crippen LogP contribution in [0.25, 0.3) is 20.2 Å². The quantitative estimate of drug-likeness (QED) is 0.768. The molecule has 0 aliphatic rings. The average Bonchev–Trinajstić information content (AvgIpc) is 2.84. The predicted octanol–water partition coefficient (Wildman–Crippen LogP) is 3.98. The van der Waals surface area contributed by atoms with E-state index in [1.54, 1.807) is 11.3 Å². The van der Waals surface area contributed by atoms with E-state index in [0.29, 0.717) is 0 Å². The molecule has 0 saturated carbocycles. The van der Waals surface area contributed by atoms with Crippen LogP contribution in [-0.2, 0) is 4.79 Å². The lowest BCUT2D eigenvalue weighted by atomic mass is 10.0. The van der Waals surface area contributed by atoms with E-state index in [4.69, 9.17) is 5.73 Å². The van der Waals surface area contributed by atoms with Crippen LogP contribution < -0.4 is 11.1 Å². The number of carbonyl (C=O) groups excluding carboxylic acids is 1. The van der Waals surface area contributed by atoms with Crippen LogP contribution in [-0.4, -0.2) is 11.9 Å². The van der Waals surface area contributed by atoms with Gasteiger partial charge in [0.2, 0.25) is 5.91 Å². The van der Waals surface area contributed by atoms with Crippen molar-refractivity contribution in [2.75, 3.05) is 5.32 Å². The van der Waals surface area contributed by atoms with Gasteiger partial charge in [-0.05, 0) is 30.2 Å². The van der Waals surface area contributed by atoms with Gasteiger partial charge in [-0.2, -0.15) is 0 Å². The molecule has 3 rings (SSSR count). The molecular weight excluding hydrogens is 280 g/mol. The van der Waals surface area contributed by atoms with Crippen molar-refractivity contribution in [1.82, 2.24) is 0 Å². The first-order chi connectivity index (χ1) is 10.1. The Bertz CT molecular complexity index is 807. The zero-order chi connectivity index (χ0) is 15.0. The molecule has 0 bridgehead atoms. The highest BCUT2D eigenvalue weighted by Gasteiger charge is 2.17. The highest BCUT2D eigenvalue weighted by molar-refractivity contribution is 7.25. The first-order valence-corrected chi connectivity index (χ1v) is 7.85. The molecule has 0 unspecified atom stereocenters. The fraction of sp³-hybridized carbons (Fsp3) is 0.235. The van der Waals surface area contributed by atoms with E-state index < -0.39 is 6.04 Å². The van der Waals surface area contributed by atoms with Crippen LogP contribution in [0.1, 0.15) is 13.8 Å². The molecule has 21 heavy (non-hydrogen) atoms. The largest absolute Gasteiger partial charge is 0.325 e. The van der Waals surface area contributed by atoms with Crippen LogP contribution in [0, 0.1) is 5.92 Å².